The predicted octanol–water partition coefficient (Wildman–Crippen LogP) is 4.40. The van der Waals surface area contributed by atoms with Crippen LogP contribution >= 0.6 is 0 Å². The fourth-order valence-electron chi connectivity index (χ4n) is 1.89. The first-order chi connectivity index (χ1) is 7.90. The molecule has 2 heteroatoms. The van der Waals surface area contributed by atoms with Crippen molar-refractivity contribution in [3.8, 4) is 11.3 Å². The minimum absolute atomic E-state index is 1.06. The molecule has 0 spiro atoms. The fourth-order valence-corrected chi connectivity index (χ4v) is 1.89. The molecular formula is C14H19NO. The lowest BCUT2D eigenvalue weighted by Gasteiger charge is -1.95. The van der Waals surface area contributed by atoms with Gasteiger partial charge in [0.25, 0.3) is 0 Å². The molecular weight excluding hydrogens is 198 g/mol. The van der Waals surface area contributed by atoms with Gasteiger partial charge in [-0.1, -0.05) is 26.2 Å². The summed E-state index contributed by atoms with van der Waals surface area (Å²) in [7, 11) is 0. The first-order valence-electron chi connectivity index (χ1n) is 6.11. The molecule has 2 nitrogen and oxygen atoms in total. The molecule has 0 aliphatic heterocycles. The number of rotatable bonds is 6. The summed E-state index contributed by atoms with van der Waals surface area (Å²) in [5.41, 5.74) is 2.28. The Labute approximate surface area is 96.7 Å². The van der Waals surface area contributed by atoms with Crippen molar-refractivity contribution in [3.05, 3.63) is 36.4 Å². The Kier molecular flexibility index (Phi) is 3.86. The van der Waals surface area contributed by atoms with Gasteiger partial charge >= 0.3 is 0 Å². The Hall–Kier alpha value is -1.44. The number of furan rings is 1. The van der Waals surface area contributed by atoms with Crippen molar-refractivity contribution in [2.45, 2.75) is 39.0 Å². The van der Waals surface area contributed by atoms with Crippen LogP contribution in [0.1, 0.15) is 38.4 Å². The van der Waals surface area contributed by atoms with E-state index < -0.39 is 0 Å². The molecule has 16 heavy (non-hydrogen) atoms. The lowest BCUT2D eigenvalue weighted by atomic mass is 10.1. The number of aryl methyl sites for hydroxylation is 1. The summed E-state index contributed by atoms with van der Waals surface area (Å²) in [6.07, 6.45) is 9.96. The molecule has 2 aromatic heterocycles. The molecule has 86 valence electrons. The number of aromatic amines is 1. The number of nitrogens with one attached hydrogen (secondary N) is 1. The second-order valence-corrected chi connectivity index (χ2v) is 4.20. The van der Waals surface area contributed by atoms with Crippen LogP contribution in [-0.2, 0) is 6.42 Å². The summed E-state index contributed by atoms with van der Waals surface area (Å²) < 4.78 is 5.55. The Morgan fingerprint density at radius 2 is 2.19 bits per heavy atom. The lowest BCUT2D eigenvalue weighted by molar-refractivity contribution is 0.495. The van der Waals surface area contributed by atoms with Crippen molar-refractivity contribution >= 4 is 0 Å². The number of hydrogen-bond acceptors (Lipinski definition) is 1. The van der Waals surface area contributed by atoms with Crippen LogP contribution in [0, 0.1) is 0 Å². The molecule has 0 fully saturated rings. The average Bonchev–Trinajstić information content (AvgIpc) is 2.94. The molecule has 0 atom stereocenters. The third-order valence-electron chi connectivity index (χ3n) is 2.84. The van der Waals surface area contributed by atoms with Gasteiger partial charge in [0, 0.05) is 23.9 Å². The maximum absolute atomic E-state index is 5.55. The summed E-state index contributed by atoms with van der Waals surface area (Å²) in [6, 6.07) is 6.20. The second kappa shape index (κ2) is 5.59. The molecule has 0 bridgehead atoms. The summed E-state index contributed by atoms with van der Waals surface area (Å²) in [6.45, 7) is 2.23. The van der Waals surface area contributed by atoms with Crippen LogP contribution in [0.2, 0.25) is 0 Å². The quantitative estimate of drug-likeness (QED) is 0.714. The van der Waals surface area contributed by atoms with Gasteiger partial charge in [-0.3, -0.25) is 0 Å². The van der Waals surface area contributed by atoms with Crippen LogP contribution in [0.5, 0.6) is 0 Å². The van der Waals surface area contributed by atoms with E-state index in [2.05, 4.69) is 24.0 Å². The molecule has 0 aliphatic rings. The smallest absolute Gasteiger partial charge is 0.104 e. The molecule has 0 saturated carbocycles. The highest BCUT2D eigenvalue weighted by molar-refractivity contribution is 5.58. The SMILES string of the molecule is CCCCCCc1cc(-c2ccc[nH]2)co1. The van der Waals surface area contributed by atoms with Gasteiger partial charge in [-0.25, -0.2) is 0 Å². The van der Waals surface area contributed by atoms with Gasteiger partial charge in [0.05, 0.1) is 6.26 Å². The fraction of sp³-hybridized carbons (Fsp3) is 0.429. The Morgan fingerprint density at radius 3 is 2.94 bits per heavy atom. The average molecular weight is 217 g/mol. The summed E-state index contributed by atoms with van der Waals surface area (Å²) in [4.78, 5) is 3.18. The minimum atomic E-state index is 1.06. The van der Waals surface area contributed by atoms with E-state index in [0.29, 0.717) is 0 Å². The maximum atomic E-state index is 5.55. The van der Waals surface area contributed by atoms with E-state index in [0.717, 1.165) is 23.4 Å². The van der Waals surface area contributed by atoms with E-state index in [4.69, 9.17) is 4.42 Å². The number of aromatic nitrogens is 1. The second-order valence-electron chi connectivity index (χ2n) is 4.20. The predicted molar refractivity (Wildman–Crippen MR) is 66.3 cm³/mol. The molecule has 0 aromatic carbocycles. The monoisotopic (exact) mass is 217 g/mol. The van der Waals surface area contributed by atoms with Crippen LogP contribution in [0.15, 0.2) is 35.1 Å². The van der Waals surface area contributed by atoms with Gasteiger partial charge in [-0.05, 0) is 24.6 Å². The number of unbranched alkanes of at least 4 members (excludes halogenated alkanes) is 3. The van der Waals surface area contributed by atoms with Gasteiger partial charge < -0.3 is 9.40 Å². The molecule has 2 heterocycles. The zero-order valence-electron chi connectivity index (χ0n) is 9.83. The zero-order chi connectivity index (χ0) is 11.2. The van der Waals surface area contributed by atoms with Gasteiger partial charge in [0.1, 0.15) is 5.76 Å². The third kappa shape index (κ3) is 2.78. The number of H-pyrrole nitrogens is 1. The van der Waals surface area contributed by atoms with Crippen molar-refractivity contribution in [1.82, 2.24) is 4.98 Å². The maximum Gasteiger partial charge on any atom is 0.104 e. The van der Waals surface area contributed by atoms with Crippen LogP contribution in [-0.4, -0.2) is 4.98 Å². The summed E-state index contributed by atoms with van der Waals surface area (Å²) >= 11 is 0. The van der Waals surface area contributed by atoms with E-state index in [1.165, 1.54) is 25.7 Å². The van der Waals surface area contributed by atoms with Crippen molar-refractivity contribution in [1.29, 1.82) is 0 Å². The molecule has 0 radical (unpaired) electrons. The Morgan fingerprint density at radius 1 is 1.25 bits per heavy atom. The molecule has 0 amide bonds. The topological polar surface area (TPSA) is 28.9 Å². The van der Waals surface area contributed by atoms with Crippen LogP contribution < -0.4 is 0 Å². The Bertz CT molecular complexity index is 400. The number of hydrogen-bond donors (Lipinski definition) is 1. The summed E-state index contributed by atoms with van der Waals surface area (Å²) in [5, 5.41) is 0. The molecule has 0 unspecified atom stereocenters. The first kappa shape index (κ1) is 11.1. The van der Waals surface area contributed by atoms with E-state index in [1.807, 2.05) is 18.5 Å². The van der Waals surface area contributed by atoms with Crippen LogP contribution in [0.25, 0.3) is 11.3 Å². The van der Waals surface area contributed by atoms with E-state index in [9.17, 15) is 0 Å². The molecule has 2 aromatic rings. The van der Waals surface area contributed by atoms with E-state index in [1.54, 1.807) is 0 Å². The van der Waals surface area contributed by atoms with Gasteiger partial charge in [0.2, 0.25) is 0 Å². The van der Waals surface area contributed by atoms with Crippen molar-refractivity contribution < 1.29 is 4.42 Å². The van der Waals surface area contributed by atoms with Crippen molar-refractivity contribution in [2.75, 3.05) is 0 Å². The van der Waals surface area contributed by atoms with Crippen molar-refractivity contribution in [3.63, 3.8) is 0 Å². The largest absolute Gasteiger partial charge is 0.469 e. The molecule has 2 rings (SSSR count). The highest BCUT2D eigenvalue weighted by Gasteiger charge is 2.04. The molecule has 0 aliphatic carbocycles. The molecule has 1 N–H and O–H groups in total. The van der Waals surface area contributed by atoms with Crippen LogP contribution in [0.4, 0.5) is 0 Å². The standard InChI is InChI=1S/C14H19NO/c1-2-3-4-5-7-13-10-12(11-16-13)14-8-6-9-15-14/h6,8-11,15H,2-5,7H2,1H3. The Balaban J connectivity index is 1.88. The van der Waals surface area contributed by atoms with Crippen molar-refractivity contribution in [2.24, 2.45) is 0 Å². The minimum Gasteiger partial charge on any atom is -0.469 e. The highest BCUT2D eigenvalue weighted by atomic mass is 16.3. The van der Waals surface area contributed by atoms with E-state index in [-0.39, 0.29) is 0 Å². The molecule has 0 saturated heterocycles. The normalized spacial score (nSPS) is 10.8. The van der Waals surface area contributed by atoms with Gasteiger partial charge in [0.15, 0.2) is 0 Å². The van der Waals surface area contributed by atoms with Gasteiger partial charge in [-0.2, -0.15) is 0 Å². The first-order valence-corrected chi connectivity index (χ1v) is 6.11. The van der Waals surface area contributed by atoms with E-state index >= 15 is 0 Å². The zero-order valence-corrected chi connectivity index (χ0v) is 9.83. The third-order valence-corrected chi connectivity index (χ3v) is 2.84. The van der Waals surface area contributed by atoms with Crippen LogP contribution in [0.3, 0.4) is 0 Å². The lowest BCUT2D eigenvalue weighted by Crippen LogP contribution is -1.82. The highest BCUT2D eigenvalue weighted by Crippen LogP contribution is 2.21. The van der Waals surface area contributed by atoms with Gasteiger partial charge in [-0.15, -0.1) is 0 Å². The summed E-state index contributed by atoms with van der Waals surface area (Å²) in [5.74, 6) is 1.10.